The third kappa shape index (κ3) is 2.38. The predicted molar refractivity (Wildman–Crippen MR) is 56.0 cm³/mol. The first-order valence-electron chi connectivity index (χ1n) is 4.14. The smallest absolute Gasteiger partial charge is 0.312 e. The van der Waals surface area contributed by atoms with Gasteiger partial charge in [0.2, 0.25) is 0 Å². The topological polar surface area (TPSA) is 52.4 Å². The fraction of sp³-hybridized carbons (Fsp3) is 0.333. The molecule has 1 rings (SSSR count). The van der Waals surface area contributed by atoms with E-state index in [1.54, 1.807) is 17.8 Å². The van der Waals surface area contributed by atoms with Crippen LogP contribution in [-0.2, 0) is 0 Å². The van der Waals surface area contributed by atoms with E-state index in [4.69, 9.17) is 4.74 Å². The summed E-state index contributed by atoms with van der Waals surface area (Å²) in [7, 11) is 1.43. The van der Waals surface area contributed by atoms with Crippen molar-refractivity contribution in [3.8, 4) is 5.75 Å². The summed E-state index contributed by atoms with van der Waals surface area (Å²) in [5.74, 6) is 1.19. The van der Waals surface area contributed by atoms with E-state index in [0.29, 0.717) is 5.75 Å². The average molecular weight is 213 g/mol. The summed E-state index contributed by atoms with van der Waals surface area (Å²) >= 11 is 1.57. The number of hydrogen-bond acceptors (Lipinski definition) is 4. The molecular weight excluding hydrogens is 202 g/mol. The summed E-state index contributed by atoms with van der Waals surface area (Å²) in [5, 5.41) is 10.7. The normalized spacial score (nSPS) is 9.86. The monoisotopic (exact) mass is 213 g/mol. The Balaban J connectivity index is 3.07. The summed E-state index contributed by atoms with van der Waals surface area (Å²) in [6.07, 6.45) is 0. The molecule has 0 atom stereocenters. The lowest BCUT2D eigenvalue weighted by Gasteiger charge is -2.03. The van der Waals surface area contributed by atoms with Gasteiger partial charge in [0.1, 0.15) is 0 Å². The highest BCUT2D eigenvalue weighted by atomic mass is 32.2. The van der Waals surface area contributed by atoms with E-state index < -0.39 is 4.92 Å². The van der Waals surface area contributed by atoms with Crippen molar-refractivity contribution in [1.82, 2.24) is 0 Å². The number of ether oxygens (including phenoxy) is 1. The van der Waals surface area contributed by atoms with Crippen LogP contribution in [-0.4, -0.2) is 17.8 Å². The van der Waals surface area contributed by atoms with E-state index >= 15 is 0 Å². The van der Waals surface area contributed by atoms with Gasteiger partial charge in [0.05, 0.1) is 12.0 Å². The molecule has 0 amide bonds. The molecule has 0 N–H and O–H groups in total. The number of nitrogens with zero attached hydrogens (tertiary/aromatic N) is 1. The molecule has 0 radical (unpaired) electrons. The average Bonchev–Trinajstić information content (AvgIpc) is 2.18. The fourth-order valence-electron chi connectivity index (χ4n) is 1.07. The number of nitro groups is 1. The Labute approximate surface area is 86.4 Å². The largest absolute Gasteiger partial charge is 0.490 e. The van der Waals surface area contributed by atoms with Crippen LogP contribution in [0.2, 0.25) is 0 Å². The third-order valence-electron chi connectivity index (χ3n) is 1.66. The molecule has 0 spiro atoms. The highest BCUT2D eigenvalue weighted by molar-refractivity contribution is 7.99. The minimum absolute atomic E-state index is 0.0194. The molecule has 14 heavy (non-hydrogen) atoms. The Bertz CT molecular complexity index is 341. The van der Waals surface area contributed by atoms with Gasteiger partial charge < -0.3 is 4.74 Å². The molecule has 0 saturated carbocycles. The maximum atomic E-state index is 10.7. The summed E-state index contributed by atoms with van der Waals surface area (Å²) in [6, 6.07) is 4.98. The fourth-order valence-corrected chi connectivity index (χ4v) is 1.76. The van der Waals surface area contributed by atoms with Crippen LogP contribution in [0.4, 0.5) is 5.69 Å². The van der Waals surface area contributed by atoms with Crippen molar-refractivity contribution < 1.29 is 9.66 Å². The summed E-state index contributed by atoms with van der Waals surface area (Å²) in [6.45, 7) is 2.00. The maximum Gasteiger partial charge on any atom is 0.312 e. The van der Waals surface area contributed by atoms with Gasteiger partial charge in [-0.25, -0.2) is 0 Å². The molecule has 0 saturated heterocycles. The number of rotatable bonds is 4. The molecule has 0 aliphatic rings. The molecule has 0 unspecified atom stereocenters. The second-order valence-electron chi connectivity index (χ2n) is 2.52. The number of nitro benzene ring substituents is 1. The summed E-state index contributed by atoms with van der Waals surface area (Å²) in [4.78, 5) is 11.1. The van der Waals surface area contributed by atoms with Crippen LogP contribution in [0.25, 0.3) is 0 Å². The first-order valence-corrected chi connectivity index (χ1v) is 5.12. The standard InChI is InChI=1S/C9H11NO3S/c1-3-14-7-4-5-9(13-2)8(6-7)10(11)12/h4-6H,3H2,1-2H3. The number of hydrogen-bond donors (Lipinski definition) is 0. The van der Waals surface area contributed by atoms with Crippen molar-refractivity contribution in [2.75, 3.05) is 12.9 Å². The zero-order chi connectivity index (χ0) is 10.6. The molecule has 0 aliphatic heterocycles. The van der Waals surface area contributed by atoms with E-state index in [9.17, 15) is 10.1 Å². The lowest BCUT2D eigenvalue weighted by atomic mass is 10.3. The Morgan fingerprint density at radius 3 is 2.79 bits per heavy atom. The molecule has 1 aromatic rings. The van der Waals surface area contributed by atoms with Crippen molar-refractivity contribution in [1.29, 1.82) is 0 Å². The van der Waals surface area contributed by atoms with Gasteiger partial charge in [0.25, 0.3) is 0 Å². The van der Waals surface area contributed by atoms with Crippen molar-refractivity contribution >= 4 is 17.4 Å². The highest BCUT2D eigenvalue weighted by Crippen LogP contribution is 2.31. The van der Waals surface area contributed by atoms with Crippen LogP contribution in [0.5, 0.6) is 5.75 Å². The second kappa shape index (κ2) is 4.85. The van der Waals surface area contributed by atoms with Gasteiger partial charge in [-0.1, -0.05) is 6.92 Å². The Morgan fingerprint density at radius 2 is 2.29 bits per heavy atom. The van der Waals surface area contributed by atoms with Gasteiger partial charge in [-0.3, -0.25) is 10.1 Å². The van der Waals surface area contributed by atoms with E-state index in [2.05, 4.69) is 0 Å². The minimum atomic E-state index is -0.432. The zero-order valence-electron chi connectivity index (χ0n) is 8.02. The maximum absolute atomic E-state index is 10.7. The second-order valence-corrected chi connectivity index (χ2v) is 3.86. The van der Waals surface area contributed by atoms with Crippen molar-refractivity contribution in [3.63, 3.8) is 0 Å². The predicted octanol–water partition coefficient (Wildman–Crippen LogP) is 2.72. The molecule has 0 aliphatic carbocycles. The molecule has 0 bridgehead atoms. The van der Waals surface area contributed by atoms with E-state index in [-0.39, 0.29) is 5.69 Å². The Morgan fingerprint density at radius 1 is 1.57 bits per heavy atom. The number of methoxy groups -OCH3 is 1. The van der Waals surface area contributed by atoms with Gasteiger partial charge in [0, 0.05) is 11.0 Å². The molecule has 76 valence electrons. The van der Waals surface area contributed by atoms with Gasteiger partial charge in [0.15, 0.2) is 5.75 Å². The summed E-state index contributed by atoms with van der Waals surface area (Å²) < 4.78 is 4.89. The zero-order valence-corrected chi connectivity index (χ0v) is 8.84. The first-order chi connectivity index (χ1) is 6.69. The molecular formula is C9H11NO3S. The van der Waals surface area contributed by atoms with Gasteiger partial charge >= 0.3 is 5.69 Å². The van der Waals surface area contributed by atoms with Crippen LogP contribution >= 0.6 is 11.8 Å². The van der Waals surface area contributed by atoms with Crippen LogP contribution in [0.15, 0.2) is 23.1 Å². The van der Waals surface area contributed by atoms with Gasteiger partial charge in [-0.05, 0) is 17.9 Å². The first kappa shape index (κ1) is 10.8. The summed E-state index contributed by atoms with van der Waals surface area (Å²) in [5.41, 5.74) is 0.0194. The molecule has 4 nitrogen and oxygen atoms in total. The Hall–Kier alpha value is -1.23. The van der Waals surface area contributed by atoms with Crippen LogP contribution in [0.3, 0.4) is 0 Å². The quantitative estimate of drug-likeness (QED) is 0.438. The van der Waals surface area contributed by atoms with Crippen LogP contribution in [0, 0.1) is 10.1 Å². The molecule has 0 heterocycles. The molecule has 0 aromatic heterocycles. The number of benzene rings is 1. The van der Waals surface area contributed by atoms with Crippen molar-refractivity contribution in [2.45, 2.75) is 11.8 Å². The van der Waals surface area contributed by atoms with E-state index in [0.717, 1.165) is 10.6 Å². The molecule has 5 heteroatoms. The Kier molecular flexibility index (Phi) is 3.76. The highest BCUT2D eigenvalue weighted by Gasteiger charge is 2.14. The third-order valence-corrected chi connectivity index (χ3v) is 2.53. The lowest BCUT2D eigenvalue weighted by molar-refractivity contribution is -0.386. The SMILES string of the molecule is CCSc1ccc(OC)c([N+](=O)[O-])c1. The number of thioether (sulfide) groups is 1. The lowest BCUT2D eigenvalue weighted by Crippen LogP contribution is -1.93. The van der Waals surface area contributed by atoms with Gasteiger partial charge in [-0.2, -0.15) is 0 Å². The molecule has 1 aromatic carbocycles. The van der Waals surface area contributed by atoms with E-state index in [1.165, 1.54) is 13.2 Å². The van der Waals surface area contributed by atoms with Crippen LogP contribution in [0.1, 0.15) is 6.92 Å². The van der Waals surface area contributed by atoms with Crippen molar-refractivity contribution in [2.24, 2.45) is 0 Å². The van der Waals surface area contributed by atoms with Crippen LogP contribution < -0.4 is 4.74 Å². The van der Waals surface area contributed by atoms with Crippen molar-refractivity contribution in [3.05, 3.63) is 28.3 Å². The minimum Gasteiger partial charge on any atom is -0.490 e. The van der Waals surface area contributed by atoms with E-state index in [1.807, 2.05) is 13.0 Å². The molecule has 0 fully saturated rings. The van der Waals surface area contributed by atoms with Gasteiger partial charge in [-0.15, -0.1) is 11.8 Å².